The van der Waals surface area contributed by atoms with Gasteiger partial charge >= 0.3 is 0 Å². The molecule has 2 aromatic rings. The molecule has 2 N–H and O–H groups in total. The standard InChI is InChI=1S/C19H24N2O/c1-14(13-20)19(22)21-11-9-16(10-12-21)18-8-4-6-15-5-2-3-7-17(15)18/h2-8,14,16H,9-13,20H2,1H3. The lowest BCUT2D eigenvalue weighted by Gasteiger charge is -2.34. The Kier molecular flexibility index (Phi) is 4.44. The Morgan fingerprint density at radius 1 is 1.18 bits per heavy atom. The van der Waals surface area contributed by atoms with Gasteiger partial charge in [-0.2, -0.15) is 0 Å². The zero-order valence-electron chi connectivity index (χ0n) is 13.2. The molecule has 0 aromatic heterocycles. The Hall–Kier alpha value is -1.87. The van der Waals surface area contributed by atoms with E-state index in [2.05, 4.69) is 42.5 Å². The average Bonchev–Trinajstić information content (AvgIpc) is 2.60. The molecule has 0 bridgehead atoms. The topological polar surface area (TPSA) is 46.3 Å². The van der Waals surface area contributed by atoms with E-state index in [9.17, 15) is 4.79 Å². The molecule has 116 valence electrons. The van der Waals surface area contributed by atoms with Gasteiger partial charge in [-0.05, 0) is 35.1 Å². The number of amides is 1. The summed E-state index contributed by atoms with van der Waals surface area (Å²) in [6, 6.07) is 15.1. The van der Waals surface area contributed by atoms with Crippen LogP contribution in [-0.4, -0.2) is 30.4 Å². The Morgan fingerprint density at radius 2 is 1.86 bits per heavy atom. The van der Waals surface area contributed by atoms with E-state index in [0.717, 1.165) is 25.9 Å². The number of nitrogens with two attached hydrogens (primary N) is 1. The number of nitrogens with zero attached hydrogens (tertiary/aromatic N) is 1. The van der Waals surface area contributed by atoms with Crippen LogP contribution < -0.4 is 5.73 Å². The number of carbonyl (C=O) groups is 1. The fourth-order valence-corrected chi connectivity index (χ4v) is 3.43. The van der Waals surface area contributed by atoms with Crippen molar-refractivity contribution in [1.82, 2.24) is 4.90 Å². The molecule has 3 nitrogen and oxygen atoms in total. The molecule has 3 heteroatoms. The van der Waals surface area contributed by atoms with Crippen LogP contribution in [0.2, 0.25) is 0 Å². The summed E-state index contributed by atoms with van der Waals surface area (Å²) in [6.45, 7) is 4.04. The highest BCUT2D eigenvalue weighted by Gasteiger charge is 2.26. The van der Waals surface area contributed by atoms with Gasteiger partial charge in [-0.25, -0.2) is 0 Å². The molecule has 1 heterocycles. The van der Waals surface area contributed by atoms with Crippen molar-refractivity contribution in [1.29, 1.82) is 0 Å². The first-order chi connectivity index (χ1) is 10.7. The average molecular weight is 296 g/mol. The second-order valence-electron chi connectivity index (χ2n) is 6.30. The fourth-order valence-electron chi connectivity index (χ4n) is 3.43. The molecular weight excluding hydrogens is 272 g/mol. The van der Waals surface area contributed by atoms with Crippen LogP contribution >= 0.6 is 0 Å². The summed E-state index contributed by atoms with van der Waals surface area (Å²) in [5.41, 5.74) is 7.04. The second kappa shape index (κ2) is 6.49. The van der Waals surface area contributed by atoms with Crippen LogP contribution in [-0.2, 0) is 4.79 Å². The Bertz CT molecular complexity index is 654. The molecule has 2 aromatic carbocycles. The summed E-state index contributed by atoms with van der Waals surface area (Å²) in [5, 5.41) is 2.65. The van der Waals surface area contributed by atoms with Crippen molar-refractivity contribution in [2.45, 2.75) is 25.7 Å². The highest BCUT2D eigenvalue weighted by molar-refractivity contribution is 5.86. The molecule has 0 spiro atoms. The van der Waals surface area contributed by atoms with Gasteiger partial charge in [0.05, 0.1) is 0 Å². The van der Waals surface area contributed by atoms with E-state index in [0.29, 0.717) is 12.5 Å². The number of fused-ring (bicyclic) bond motifs is 1. The molecule has 1 amide bonds. The highest BCUT2D eigenvalue weighted by atomic mass is 16.2. The lowest BCUT2D eigenvalue weighted by atomic mass is 9.86. The minimum absolute atomic E-state index is 0.0610. The number of rotatable bonds is 3. The third kappa shape index (κ3) is 2.86. The zero-order chi connectivity index (χ0) is 15.5. The highest BCUT2D eigenvalue weighted by Crippen LogP contribution is 2.33. The second-order valence-corrected chi connectivity index (χ2v) is 6.30. The van der Waals surface area contributed by atoms with Gasteiger partial charge < -0.3 is 10.6 Å². The Morgan fingerprint density at radius 3 is 2.59 bits per heavy atom. The summed E-state index contributed by atoms with van der Waals surface area (Å²) >= 11 is 0. The van der Waals surface area contributed by atoms with Crippen LogP contribution in [0.15, 0.2) is 42.5 Å². The Labute approximate surface area is 132 Å². The van der Waals surface area contributed by atoms with Gasteiger partial charge in [0.15, 0.2) is 0 Å². The van der Waals surface area contributed by atoms with Gasteiger partial charge in [-0.3, -0.25) is 4.79 Å². The van der Waals surface area contributed by atoms with Crippen molar-refractivity contribution in [2.75, 3.05) is 19.6 Å². The molecule has 0 saturated carbocycles. The predicted octanol–water partition coefficient (Wildman–Crippen LogP) is 3.14. The molecule has 1 atom stereocenters. The van der Waals surface area contributed by atoms with E-state index in [1.165, 1.54) is 16.3 Å². The Balaban J connectivity index is 1.75. The number of carbonyl (C=O) groups excluding carboxylic acids is 1. The number of likely N-dealkylation sites (tertiary alicyclic amines) is 1. The normalized spacial score (nSPS) is 17.6. The third-order valence-electron chi connectivity index (χ3n) is 4.84. The maximum Gasteiger partial charge on any atom is 0.226 e. The summed E-state index contributed by atoms with van der Waals surface area (Å²) in [5.74, 6) is 0.691. The maximum atomic E-state index is 12.2. The molecule has 3 rings (SSSR count). The smallest absolute Gasteiger partial charge is 0.226 e. The number of benzene rings is 2. The molecule has 1 aliphatic heterocycles. The first-order valence-electron chi connectivity index (χ1n) is 8.17. The molecule has 1 unspecified atom stereocenters. The molecule has 0 aliphatic carbocycles. The van der Waals surface area contributed by atoms with E-state index in [-0.39, 0.29) is 11.8 Å². The van der Waals surface area contributed by atoms with Gasteiger partial charge in [0.25, 0.3) is 0 Å². The van der Waals surface area contributed by atoms with E-state index >= 15 is 0 Å². The molecule has 1 fully saturated rings. The first kappa shape index (κ1) is 15.0. The van der Waals surface area contributed by atoms with E-state index in [4.69, 9.17) is 5.73 Å². The van der Waals surface area contributed by atoms with Crippen LogP contribution in [0.3, 0.4) is 0 Å². The number of hydrogen-bond acceptors (Lipinski definition) is 2. The largest absolute Gasteiger partial charge is 0.342 e. The quantitative estimate of drug-likeness (QED) is 0.946. The van der Waals surface area contributed by atoms with Crippen LogP contribution in [0.1, 0.15) is 31.2 Å². The predicted molar refractivity (Wildman–Crippen MR) is 90.7 cm³/mol. The van der Waals surface area contributed by atoms with E-state index in [1.54, 1.807) is 0 Å². The van der Waals surface area contributed by atoms with Gasteiger partial charge in [0.2, 0.25) is 5.91 Å². The number of piperidine rings is 1. The molecule has 22 heavy (non-hydrogen) atoms. The van der Waals surface area contributed by atoms with Crippen molar-refractivity contribution in [3.63, 3.8) is 0 Å². The van der Waals surface area contributed by atoms with Crippen LogP contribution in [0.25, 0.3) is 10.8 Å². The molecule has 1 saturated heterocycles. The molecule has 1 aliphatic rings. The van der Waals surface area contributed by atoms with Gasteiger partial charge in [-0.15, -0.1) is 0 Å². The van der Waals surface area contributed by atoms with Crippen molar-refractivity contribution < 1.29 is 4.79 Å². The lowest BCUT2D eigenvalue weighted by molar-refractivity contribution is -0.135. The zero-order valence-corrected chi connectivity index (χ0v) is 13.2. The van der Waals surface area contributed by atoms with Crippen molar-refractivity contribution in [2.24, 2.45) is 11.7 Å². The van der Waals surface area contributed by atoms with E-state index < -0.39 is 0 Å². The molecule has 0 radical (unpaired) electrons. The van der Waals surface area contributed by atoms with Crippen molar-refractivity contribution in [3.05, 3.63) is 48.0 Å². The molecular formula is C19H24N2O. The lowest BCUT2D eigenvalue weighted by Crippen LogP contribution is -2.42. The van der Waals surface area contributed by atoms with Crippen LogP contribution in [0, 0.1) is 5.92 Å². The third-order valence-corrected chi connectivity index (χ3v) is 4.84. The van der Waals surface area contributed by atoms with Gasteiger partial charge in [0, 0.05) is 25.6 Å². The van der Waals surface area contributed by atoms with Gasteiger partial charge in [-0.1, -0.05) is 49.4 Å². The SMILES string of the molecule is CC(CN)C(=O)N1CCC(c2cccc3ccccc23)CC1. The monoisotopic (exact) mass is 296 g/mol. The fraction of sp³-hybridized carbons (Fsp3) is 0.421. The van der Waals surface area contributed by atoms with Gasteiger partial charge in [0.1, 0.15) is 0 Å². The summed E-state index contributed by atoms with van der Waals surface area (Å²) in [7, 11) is 0. The van der Waals surface area contributed by atoms with Crippen LogP contribution in [0.4, 0.5) is 0 Å². The minimum atomic E-state index is -0.0610. The van der Waals surface area contributed by atoms with Crippen LogP contribution in [0.5, 0.6) is 0 Å². The van der Waals surface area contributed by atoms with E-state index in [1.807, 2.05) is 11.8 Å². The number of hydrogen-bond donors (Lipinski definition) is 1. The minimum Gasteiger partial charge on any atom is -0.342 e. The van der Waals surface area contributed by atoms with Crippen molar-refractivity contribution in [3.8, 4) is 0 Å². The van der Waals surface area contributed by atoms with Crippen molar-refractivity contribution >= 4 is 16.7 Å². The summed E-state index contributed by atoms with van der Waals surface area (Å²) < 4.78 is 0. The summed E-state index contributed by atoms with van der Waals surface area (Å²) in [6.07, 6.45) is 2.08. The summed E-state index contributed by atoms with van der Waals surface area (Å²) in [4.78, 5) is 14.2. The first-order valence-corrected chi connectivity index (χ1v) is 8.17. The maximum absolute atomic E-state index is 12.2.